The molecular weight excluding hydrogens is 481 g/mol. The van der Waals surface area contributed by atoms with Crippen LogP contribution >= 0.6 is 0 Å². The first kappa shape index (κ1) is 26.3. The fourth-order valence-electron chi connectivity index (χ4n) is 3.77. The van der Waals surface area contributed by atoms with Gasteiger partial charge < -0.3 is 10.4 Å². The minimum atomic E-state index is -4.64. The lowest BCUT2D eigenvalue weighted by Crippen LogP contribution is -2.27. The third kappa shape index (κ3) is 5.51. The summed E-state index contributed by atoms with van der Waals surface area (Å²) in [6.07, 6.45) is -3.00. The quantitative estimate of drug-likeness (QED) is 0.324. The van der Waals surface area contributed by atoms with Gasteiger partial charge >= 0.3 is 6.18 Å². The van der Waals surface area contributed by atoms with Gasteiger partial charge in [-0.15, -0.1) is 0 Å². The molecule has 6 nitrogen and oxygen atoms in total. The number of imidazole rings is 1. The van der Waals surface area contributed by atoms with Gasteiger partial charge in [0.05, 0.1) is 28.7 Å². The Labute approximate surface area is 213 Å². The highest BCUT2D eigenvalue weighted by atomic mass is 19.4. The number of alkyl halides is 3. The number of nitrogens with zero attached hydrogens (tertiary/aromatic N) is 3. The van der Waals surface area contributed by atoms with E-state index in [9.17, 15) is 23.1 Å². The molecule has 2 aromatic carbocycles. The topological polar surface area (TPSA) is 79.5 Å². The molecule has 0 saturated heterocycles. The van der Waals surface area contributed by atoms with Crippen LogP contribution in [0.15, 0.2) is 54.7 Å². The second kappa shape index (κ2) is 8.99. The van der Waals surface area contributed by atoms with Gasteiger partial charge in [-0.05, 0) is 56.2 Å². The molecule has 194 valence electrons. The lowest BCUT2D eigenvalue weighted by Gasteiger charge is -2.21. The van der Waals surface area contributed by atoms with Crippen LogP contribution in [0.5, 0.6) is 0 Å². The Morgan fingerprint density at radius 1 is 0.946 bits per heavy atom. The Kier molecular flexibility index (Phi) is 6.40. The van der Waals surface area contributed by atoms with E-state index >= 15 is 0 Å². The monoisotopic (exact) mass is 510 g/mol. The number of carbonyl (C=O) groups is 1. The van der Waals surface area contributed by atoms with Gasteiger partial charge in [0, 0.05) is 22.2 Å². The number of hydrogen-bond acceptors (Lipinski definition) is 4. The number of aromatic nitrogens is 3. The zero-order chi connectivity index (χ0) is 27.3. The molecule has 0 aliphatic carbocycles. The third-order valence-corrected chi connectivity index (χ3v) is 6.09. The molecule has 0 bridgehead atoms. The summed E-state index contributed by atoms with van der Waals surface area (Å²) in [6, 6.07) is 12.4. The van der Waals surface area contributed by atoms with Crippen molar-refractivity contribution in [2.45, 2.75) is 53.3 Å². The predicted octanol–water partition coefficient (Wildman–Crippen LogP) is 6.60. The minimum absolute atomic E-state index is 0.0971. The average Bonchev–Trinajstić information content (AvgIpc) is 3.21. The number of benzene rings is 2. The van der Waals surface area contributed by atoms with E-state index in [1.807, 2.05) is 45.9 Å². The van der Waals surface area contributed by atoms with E-state index in [-0.39, 0.29) is 22.7 Å². The number of rotatable bonds is 4. The van der Waals surface area contributed by atoms with Crippen LogP contribution in [0.25, 0.3) is 28.2 Å². The lowest BCUT2D eigenvalue weighted by molar-refractivity contribution is -0.137. The van der Waals surface area contributed by atoms with Crippen molar-refractivity contribution >= 4 is 17.2 Å². The third-order valence-electron chi connectivity index (χ3n) is 6.09. The van der Waals surface area contributed by atoms with Gasteiger partial charge in [-0.2, -0.15) is 18.3 Å². The fraction of sp³-hybridized carbons (Fsp3) is 0.321. The van der Waals surface area contributed by atoms with E-state index in [0.29, 0.717) is 17.0 Å². The molecule has 2 heterocycles. The van der Waals surface area contributed by atoms with Gasteiger partial charge in [0.1, 0.15) is 0 Å². The number of nitrogens with one attached hydrogen (secondary N) is 1. The van der Waals surface area contributed by atoms with Crippen molar-refractivity contribution in [3.8, 4) is 22.5 Å². The van der Waals surface area contributed by atoms with E-state index in [1.165, 1.54) is 36.6 Å². The first-order valence-electron chi connectivity index (χ1n) is 11.8. The molecule has 0 atom stereocenters. The minimum Gasteiger partial charge on any atom is -0.386 e. The molecule has 1 amide bonds. The summed E-state index contributed by atoms with van der Waals surface area (Å²) in [5.41, 5.74) is 0.608. The van der Waals surface area contributed by atoms with Crippen LogP contribution < -0.4 is 5.32 Å². The Morgan fingerprint density at radius 2 is 1.65 bits per heavy atom. The van der Waals surface area contributed by atoms with Crippen molar-refractivity contribution in [1.82, 2.24) is 14.6 Å². The zero-order valence-corrected chi connectivity index (χ0v) is 21.5. The molecule has 2 aromatic heterocycles. The van der Waals surface area contributed by atoms with Crippen LogP contribution in [0.3, 0.4) is 0 Å². The van der Waals surface area contributed by atoms with Gasteiger partial charge in [0.15, 0.2) is 5.65 Å². The predicted molar refractivity (Wildman–Crippen MR) is 137 cm³/mol. The summed E-state index contributed by atoms with van der Waals surface area (Å²) >= 11 is 0. The summed E-state index contributed by atoms with van der Waals surface area (Å²) in [5.74, 6) is -0.120. The molecule has 0 aliphatic heterocycles. The number of aliphatic hydroxyl groups is 1. The summed E-state index contributed by atoms with van der Waals surface area (Å²) < 4.78 is 43.2. The highest BCUT2D eigenvalue weighted by Crippen LogP contribution is 2.39. The zero-order valence-electron chi connectivity index (χ0n) is 21.5. The average molecular weight is 511 g/mol. The smallest absolute Gasteiger partial charge is 0.386 e. The Bertz CT molecular complexity index is 1490. The van der Waals surface area contributed by atoms with Crippen LogP contribution in [0.1, 0.15) is 51.3 Å². The van der Waals surface area contributed by atoms with Gasteiger partial charge in [-0.1, -0.05) is 45.0 Å². The first-order valence-corrected chi connectivity index (χ1v) is 11.8. The molecular formula is C28H29F3N4O2. The number of hydrogen-bond donors (Lipinski definition) is 2. The van der Waals surface area contributed by atoms with Crippen molar-refractivity contribution in [1.29, 1.82) is 0 Å². The molecule has 4 rings (SSSR count). The molecule has 4 aromatic rings. The van der Waals surface area contributed by atoms with Gasteiger partial charge in [0.2, 0.25) is 5.91 Å². The maximum absolute atomic E-state index is 13.9. The normalized spacial score (nSPS) is 12.7. The number of aryl methyl sites for hydroxylation is 1. The van der Waals surface area contributed by atoms with Gasteiger partial charge in [0.25, 0.3) is 0 Å². The van der Waals surface area contributed by atoms with E-state index in [4.69, 9.17) is 0 Å². The molecule has 2 N–H and O–H groups in total. The van der Waals surface area contributed by atoms with Crippen LogP contribution in [-0.2, 0) is 16.6 Å². The van der Waals surface area contributed by atoms with Crippen molar-refractivity contribution in [3.63, 3.8) is 0 Å². The second-order valence-electron chi connectivity index (χ2n) is 10.7. The maximum atomic E-state index is 13.9. The summed E-state index contributed by atoms with van der Waals surface area (Å²) in [5, 5.41) is 17.5. The molecule has 0 spiro atoms. The van der Waals surface area contributed by atoms with Crippen LogP contribution in [0, 0.1) is 12.3 Å². The molecule has 0 unspecified atom stereocenters. The Morgan fingerprint density at radius 3 is 2.27 bits per heavy atom. The SMILES string of the molecule is Cc1ccc(-c2cn3nc(-c4ccc(C(C)(C)O)cc4C(F)(F)F)ccc3n2)cc1NC(=O)C(C)(C)C. The van der Waals surface area contributed by atoms with Crippen LogP contribution in [0.4, 0.5) is 18.9 Å². The number of anilines is 1. The maximum Gasteiger partial charge on any atom is 0.417 e. The molecule has 0 fully saturated rings. The Balaban J connectivity index is 1.75. The molecule has 9 heteroatoms. The number of halogens is 3. The van der Waals surface area contributed by atoms with Crippen LogP contribution in [-0.4, -0.2) is 25.6 Å². The number of amides is 1. The lowest BCUT2D eigenvalue weighted by atomic mass is 9.92. The Hall–Kier alpha value is -3.72. The van der Waals surface area contributed by atoms with Crippen molar-refractivity contribution in [2.24, 2.45) is 5.41 Å². The highest BCUT2D eigenvalue weighted by Gasteiger charge is 2.35. The fourth-order valence-corrected chi connectivity index (χ4v) is 3.77. The number of carbonyl (C=O) groups excluding carboxylic acids is 1. The van der Waals surface area contributed by atoms with Gasteiger partial charge in [-0.3, -0.25) is 4.79 Å². The van der Waals surface area contributed by atoms with E-state index in [1.54, 1.807) is 12.3 Å². The molecule has 0 radical (unpaired) electrons. The van der Waals surface area contributed by atoms with E-state index < -0.39 is 22.8 Å². The second-order valence-corrected chi connectivity index (χ2v) is 10.7. The molecule has 0 aliphatic rings. The van der Waals surface area contributed by atoms with Gasteiger partial charge in [-0.25, -0.2) is 9.50 Å². The largest absolute Gasteiger partial charge is 0.417 e. The van der Waals surface area contributed by atoms with Crippen molar-refractivity contribution in [3.05, 3.63) is 71.4 Å². The summed E-state index contributed by atoms with van der Waals surface area (Å²) in [7, 11) is 0. The van der Waals surface area contributed by atoms with E-state index in [2.05, 4.69) is 15.4 Å². The number of fused-ring (bicyclic) bond motifs is 1. The van der Waals surface area contributed by atoms with Crippen molar-refractivity contribution in [2.75, 3.05) is 5.32 Å². The van der Waals surface area contributed by atoms with Crippen LogP contribution in [0.2, 0.25) is 0 Å². The molecule has 0 saturated carbocycles. The summed E-state index contributed by atoms with van der Waals surface area (Å²) in [4.78, 5) is 17.1. The van der Waals surface area contributed by atoms with E-state index in [0.717, 1.165) is 17.2 Å². The standard InChI is InChI=1S/C28H29F3N4O2/c1-16-7-8-17(13-22(16)33-25(36)26(2,3)4)23-15-35-24(32-23)12-11-21(34-35)19-10-9-18(27(5,6)37)14-20(19)28(29,30)31/h7-15,37H,1-6H3,(H,33,36). The molecule has 37 heavy (non-hydrogen) atoms. The highest BCUT2D eigenvalue weighted by molar-refractivity contribution is 5.95. The summed E-state index contributed by atoms with van der Waals surface area (Å²) in [6.45, 7) is 10.2. The first-order chi connectivity index (χ1) is 17.0. The van der Waals surface area contributed by atoms with Crippen molar-refractivity contribution < 1.29 is 23.1 Å².